The maximum atomic E-state index is 12.4. The molecule has 0 aliphatic carbocycles. The summed E-state index contributed by atoms with van der Waals surface area (Å²) in [7, 11) is 0. The van der Waals surface area contributed by atoms with Gasteiger partial charge in [0.05, 0.1) is 16.6 Å². The Morgan fingerprint density at radius 3 is 2.81 bits per heavy atom. The summed E-state index contributed by atoms with van der Waals surface area (Å²) in [6.45, 7) is 0. The van der Waals surface area contributed by atoms with Gasteiger partial charge in [0.1, 0.15) is 5.65 Å². The standard InChI is InChI=1S/C17H12ClN5O2S/c18-10-4-5-12-13(7-10)21-17(23(19)16(12)25)26-9-11-8-15(24)22-6-2-1-3-14(22)20-11/h1-8H,9,19H2. The van der Waals surface area contributed by atoms with E-state index in [1.165, 1.54) is 22.2 Å². The van der Waals surface area contributed by atoms with E-state index in [0.717, 1.165) is 4.68 Å². The second-order valence-electron chi connectivity index (χ2n) is 5.53. The third kappa shape index (κ3) is 2.93. The highest BCUT2D eigenvalue weighted by atomic mass is 35.5. The minimum atomic E-state index is -0.360. The average Bonchev–Trinajstić information content (AvgIpc) is 2.63. The van der Waals surface area contributed by atoms with Crippen LogP contribution in [0.25, 0.3) is 16.6 Å². The molecule has 0 aliphatic rings. The lowest BCUT2D eigenvalue weighted by Crippen LogP contribution is -2.29. The molecule has 0 radical (unpaired) electrons. The summed E-state index contributed by atoms with van der Waals surface area (Å²) >= 11 is 7.20. The number of hydrogen-bond acceptors (Lipinski definition) is 6. The molecule has 4 rings (SSSR count). The van der Waals surface area contributed by atoms with E-state index in [1.54, 1.807) is 36.5 Å². The fraction of sp³-hybridized carbons (Fsp3) is 0.0588. The highest BCUT2D eigenvalue weighted by molar-refractivity contribution is 7.98. The van der Waals surface area contributed by atoms with Gasteiger partial charge in [-0.3, -0.25) is 14.0 Å². The SMILES string of the molecule is Nn1c(SCc2cc(=O)n3ccccc3n2)nc2cc(Cl)ccc2c1=O. The smallest absolute Gasteiger partial charge is 0.280 e. The van der Waals surface area contributed by atoms with E-state index in [2.05, 4.69) is 9.97 Å². The predicted octanol–water partition coefficient (Wildman–Crippen LogP) is 2.06. The van der Waals surface area contributed by atoms with Crippen LogP contribution in [-0.4, -0.2) is 19.0 Å². The fourth-order valence-corrected chi connectivity index (χ4v) is 3.55. The number of fused-ring (bicyclic) bond motifs is 2. The van der Waals surface area contributed by atoms with Crippen LogP contribution in [0.5, 0.6) is 0 Å². The van der Waals surface area contributed by atoms with E-state index in [4.69, 9.17) is 17.4 Å². The minimum absolute atomic E-state index is 0.172. The number of hydrogen-bond donors (Lipinski definition) is 1. The van der Waals surface area contributed by atoms with Crippen LogP contribution in [0, 0.1) is 0 Å². The molecule has 0 saturated heterocycles. The van der Waals surface area contributed by atoms with Crippen LogP contribution in [-0.2, 0) is 5.75 Å². The summed E-state index contributed by atoms with van der Waals surface area (Å²) in [5.41, 5.74) is 1.07. The molecule has 4 aromatic rings. The molecule has 0 saturated carbocycles. The van der Waals surface area contributed by atoms with Crippen molar-refractivity contribution < 1.29 is 0 Å². The summed E-state index contributed by atoms with van der Waals surface area (Å²) < 4.78 is 2.46. The van der Waals surface area contributed by atoms with Gasteiger partial charge in [-0.05, 0) is 30.3 Å². The van der Waals surface area contributed by atoms with Gasteiger partial charge in [0.2, 0.25) is 0 Å². The average molecular weight is 386 g/mol. The van der Waals surface area contributed by atoms with Gasteiger partial charge in [0.15, 0.2) is 5.16 Å². The highest BCUT2D eigenvalue weighted by Gasteiger charge is 2.11. The van der Waals surface area contributed by atoms with E-state index in [0.29, 0.717) is 38.2 Å². The number of benzene rings is 1. The van der Waals surface area contributed by atoms with Crippen molar-refractivity contribution in [2.75, 3.05) is 5.84 Å². The molecule has 9 heteroatoms. The zero-order valence-corrected chi connectivity index (χ0v) is 14.9. The van der Waals surface area contributed by atoms with Crippen molar-refractivity contribution in [2.45, 2.75) is 10.9 Å². The molecule has 26 heavy (non-hydrogen) atoms. The first-order chi connectivity index (χ1) is 12.5. The lowest BCUT2D eigenvalue weighted by atomic mass is 10.2. The van der Waals surface area contributed by atoms with Crippen LogP contribution in [0.4, 0.5) is 0 Å². The molecule has 3 aromatic heterocycles. The van der Waals surface area contributed by atoms with Gasteiger partial charge in [-0.1, -0.05) is 29.4 Å². The Kier molecular flexibility index (Phi) is 4.14. The number of nitrogens with zero attached hydrogens (tertiary/aromatic N) is 4. The monoisotopic (exact) mass is 385 g/mol. The van der Waals surface area contributed by atoms with Crippen LogP contribution in [0.15, 0.2) is 63.4 Å². The van der Waals surface area contributed by atoms with Gasteiger partial charge < -0.3 is 5.84 Å². The molecule has 130 valence electrons. The van der Waals surface area contributed by atoms with Crippen molar-refractivity contribution in [3.63, 3.8) is 0 Å². The first kappa shape index (κ1) is 16.6. The molecular weight excluding hydrogens is 374 g/mol. The van der Waals surface area contributed by atoms with E-state index in [9.17, 15) is 9.59 Å². The number of nitrogen functional groups attached to an aromatic ring is 1. The molecule has 3 heterocycles. The minimum Gasteiger partial charge on any atom is -0.334 e. The Labute approximate surface area is 156 Å². The van der Waals surface area contributed by atoms with Crippen LogP contribution in [0.1, 0.15) is 5.69 Å². The normalized spacial score (nSPS) is 11.3. The summed E-state index contributed by atoms with van der Waals surface area (Å²) in [6, 6.07) is 11.6. The maximum Gasteiger partial charge on any atom is 0.280 e. The second-order valence-corrected chi connectivity index (χ2v) is 6.91. The Morgan fingerprint density at radius 1 is 1.12 bits per heavy atom. The van der Waals surface area contributed by atoms with E-state index >= 15 is 0 Å². The highest BCUT2D eigenvalue weighted by Crippen LogP contribution is 2.21. The van der Waals surface area contributed by atoms with Gasteiger partial charge in [-0.15, -0.1) is 0 Å². The topological polar surface area (TPSA) is 95.3 Å². The van der Waals surface area contributed by atoms with Crippen LogP contribution in [0.2, 0.25) is 5.02 Å². The number of aromatic nitrogens is 4. The summed E-state index contributed by atoms with van der Waals surface area (Å²) in [5.74, 6) is 6.22. The van der Waals surface area contributed by atoms with Crippen molar-refractivity contribution >= 4 is 39.9 Å². The second kappa shape index (κ2) is 6.47. The number of thioether (sulfide) groups is 1. The quantitative estimate of drug-likeness (QED) is 0.329. The van der Waals surface area contributed by atoms with Crippen molar-refractivity contribution in [3.8, 4) is 0 Å². The largest absolute Gasteiger partial charge is 0.334 e. The van der Waals surface area contributed by atoms with E-state index in [-0.39, 0.29) is 11.1 Å². The molecule has 0 bridgehead atoms. The Balaban J connectivity index is 1.71. The zero-order valence-electron chi connectivity index (χ0n) is 13.3. The van der Waals surface area contributed by atoms with Gasteiger partial charge in [-0.25, -0.2) is 14.6 Å². The maximum absolute atomic E-state index is 12.4. The van der Waals surface area contributed by atoms with Gasteiger partial charge in [-0.2, -0.15) is 0 Å². The zero-order chi connectivity index (χ0) is 18.3. The molecule has 0 fully saturated rings. The van der Waals surface area contributed by atoms with E-state index < -0.39 is 0 Å². The first-order valence-corrected chi connectivity index (χ1v) is 8.97. The van der Waals surface area contributed by atoms with Gasteiger partial charge >= 0.3 is 0 Å². The number of halogens is 1. The van der Waals surface area contributed by atoms with Crippen LogP contribution in [0.3, 0.4) is 0 Å². The number of rotatable bonds is 3. The van der Waals surface area contributed by atoms with Crippen LogP contribution >= 0.6 is 23.4 Å². The summed E-state index contributed by atoms with van der Waals surface area (Å²) in [5, 5.41) is 1.20. The van der Waals surface area contributed by atoms with Crippen molar-refractivity contribution in [3.05, 3.63) is 80.1 Å². The van der Waals surface area contributed by atoms with Crippen molar-refractivity contribution in [1.82, 2.24) is 19.0 Å². The lowest BCUT2D eigenvalue weighted by molar-refractivity contribution is 0.779. The fourth-order valence-electron chi connectivity index (χ4n) is 2.57. The Morgan fingerprint density at radius 2 is 1.96 bits per heavy atom. The Bertz CT molecular complexity index is 1270. The van der Waals surface area contributed by atoms with Crippen LogP contribution < -0.4 is 17.0 Å². The molecule has 2 N–H and O–H groups in total. The van der Waals surface area contributed by atoms with Gasteiger partial charge in [0.25, 0.3) is 11.1 Å². The van der Waals surface area contributed by atoms with E-state index in [1.807, 2.05) is 6.07 Å². The number of nitrogens with two attached hydrogens (primary N) is 1. The van der Waals surface area contributed by atoms with Crippen molar-refractivity contribution in [1.29, 1.82) is 0 Å². The van der Waals surface area contributed by atoms with Crippen molar-refractivity contribution in [2.24, 2.45) is 0 Å². The molecule has 0 amide bonds. The Hall–Kier alpha value is -2.84. The molecule has 1 aromatic carbocycles. The molecule has 0 unspecified atom stereocenters. The lowest BCUT2D eigenvalue weighted by Gasteiger charge is -2.08. The molecule has 0 atom stereocenters. The first-order valence-electron chi connectivity index (χ1n) is 7.60. The third-order valence-electron chi connectivity index (χ3n) is 3.80. The molecule has 0 aliphatic heterocycles. The van der Waals surface area contributed by atoms with Gasteiger partial charge in [0, 0.05) is 23.0 Å². The third-order valence-corrected chi connectivity index (χ3v) is 5.03. The molecule has 0 spiro atoms. The molecule has 7 nitrogen and oxygen atoms in total. The molecular formula is C17H12ClN5O2S. The predicted molar refractivity (Wildman–Crippen MR) is 102 cm³/mol. The summed E-state index contributed by atoms with van der Waals surface area (Å²) in [4.78, 5) is 33.4. The summed E-state index contributed by atoms with van der Waals surface area (Å²) in [6.07, 6.45) is 1.66. The number of pyridine rings is 1.